The third kappa shape index (κ3) is 2.94. The van der Waals surface area contributed by atoms with E-state index in [0.717, 1.165) is 32.4 Å². The number of amides is 2. The average molecular weight is 335 g/mol. The van der Waals surface area contributed by atoms with E-state index in [9.17, 15) is 4.79 Å². The molecule has 0 aromatic rings. The van der Waals surface area contributed by atoms with Crippen LogP contribution in [0.15, 0.2) is 0 Å². The van der Waals surface area contributed by atoms with Gasteiger partial charge in [-0.2, -0.15) is 0 Å². The van der Waals surface area contributed by atoms with E-state index < -0.39 is 0 Å². The van der Waals surface area contributed by atoms with Crippen molar-refractivity contribution in [1.82, 2.24) is 15.5 Å². The zero-order chi connectivity index (χ0) is 16.6. The van der Waals surface area contributed by atoms with E-state index in [4.69, 9.17) is 4.74 Å². The Hall–Kier alpha value is -0.810. The smallest absolute Gasteiger partial charge is 0.315 e. The number of carbonyl (C=O) groups is 1. The van der Waals surface area contributed by atoms with Crippen molar-refractivity contribution in [3.63, 3.8) is 0 Å². The Morgan fingerprint density at radius 2 is 1.96 bits per heavy atom. The number of urea groups is 1. The summed E-state index contributed by atoms with van der Waals surface area (Å²) in [7, 11) is 0. The maximum atomic E-state index is 12.5. The number of ether oxygens (including phenoxy) is 1. The molecular weight excluding hydrogens is 302 g/mol. The van der Waals surface area contributed by atoms with Crippen LogP contribution < -0.4 is 10.6 Å². The molecule has 2 aliphatic carbocycles. The molecule has 2 N–H and O–H groups in total. The van der Waals surface area contributed by atoms with Crippen LogP contribution in [0, 0.1) is 5.41 Å². The van der Waals surface area contributed by atoms with Crippen molar-refractivity contribution < 1.29 is 9.53 Å². The van der Waals surface area contributed by atoms with Gasteiger partial charge in [0.1, 0.15) is 0 Å². The van der Waals surface area contributed by atoms with Crippen molar-refractivity contribution in [1.29, 1.82) is 0 Å². The number of nitrogens with zero attached hydrogens (tertiary/aromatic N) is 1. The molecule has 2 amide bonds. The lowest BCUT2D eigenvalue weighted by Gasteiger charge is -2.54. The van der Waals surface area contributed by atoms with Gasteiger partial charge in [-0.3, -0.25) is 0 Å². The molecule has 2 heterocycles. The van der Waals surface area contributed by atoms with Gasteiger partial charge in [-0.15, -0.1) is 0 Å². The van der Waals surface area contributed by atoms with Gasteiger partial charge in [0, 0.05) is 36.7 Å². The molecule has 5 heteroatoms. The average Bonchev–Trinajstić information content (AvgIpc) is 3.24. The standard InChI is InChI=1S/C19H33N3O2/c1-2-24-17-13-16(19(17)8-3-4-9-19)21-18(23)20-14-7-11-22-10-5-6-15(22)12-14/h14-17H,2-13H2,1H3,(H2,20,21,23)/t14-,15+,16-,17+/m0/s1. The highest BCUT2D eigenvalue weighted by Crippen LogP contribution is 2.54. The first kappa shape index (κ1) is 16.6. The third-order valence-electron chi connectivity index (χ3n) is 7.15. The first-order valence-corrected chi connectivity index (χ1v) is 10.1. The van der Waals surface area contributed by atoms with E-state index in [-0.39, 0.29) is 11.4 Å². The van der Waals surface area contributed by atoms with Crippen LogP contribution in [0.1, 0.15) is 64.7 Å². The number of fused-ring (bicyclic) bond motifs is 1. The van der Waals surface area contributed by atoms with Crippen LogP contribution in [-0.4, -0.2) is 54.9 Å². The molecule has 2 saturated carbocycles. The molecule has 1 spiro atoms. The normalized spacial score (nSPS) is 37.9. The fourth-order valence-electron chi connectivity index (χ4n) is 5.83. The molecule has 0 aromatic heterocycles. The number of hydrogen-bond donors (Lipinski definition) is 2. The van der Waals surface area contributed by atoms with E-state index in [1.165, 1.54) is 45.1 Å². The summed E-state index contributed by atoms with van der Waals surface area (Å²) < 4.78 is 5.95. The highest BCUT2D eigenvalue weighted by Gasteiger charge is 2.57. The fourth-order valence-corrected chi connectivity index (χ4v) is 5.83. The van der Waals surface area contributed by atoms with Gasteiger partial charge in [0.05, 0.1) is 6.10 Å². The summed E-state index contributed by atoms with van der Waals surface area (Å²) >= 11 is 0. The maximum absolute atomic E-state index is 12.5. The van der Waals surface area contributed by atoms with Gasteiger partial charge in [-0.05, 0) is 58.4 Å². The molecule has 4 fully saturated rings. The van der Waals surface area contributed by atoms with Crippen molar-refractivity contribution in [3.8, 4) is 0 Å². The van der Waals surface area contributed by atoms with Gasteiger partial charge >= 0.3 is 6.03 Å². The molecule has 0 bridgehead atoms. The number of hydrogen-bond acceptors (Lipinski definition) is 3. The highest BCUT2D eigenvalue weighted by molar-refractivity contribution is 5.75. The highest BCUT2D eigenvalue weighted by atomic mass is 16.5. The predicted octanol–water partition coefficient (Wildman–Crippen LogP) is 2.65. The second-order valence-electron chi connectivity index (χ2n) is 8.34. The van der Waals surface area contributed by atoms with E-state index >= 15 is 0 Å². The fraction of sp³-hybridized carbons (Fsp3) is 0.947. The second-order valence-corrected chi connectivity index (χ2v) is 8.34. The lowest BCUT2D eigenvalue weighted by Crippen LogP contribution is -2.65. The van der Waals surface area contributed by atoms with Crippen LogP contribution in [0.4, 0.5) is 4.79 Å². The van der Waals surface area contributed by atoms with E-state index in [2.05, 4.69) is 22.5 Å². The summed E-state index contributed by atoms with van der Waals surface area (Å²) in [6.45, 7) is 5.26. The lowest BCUT2D eigenvalue weighted by atomic mass is 9.60. The molecule has 136 valence electrons. The molecule has 2 saturated heterocycles. The number of carbonyl (C=O) groups excluding carboxylic acids is 1. The number of rotatable bonds is 4. The predicted molar refractivity (Wildman–Crippen MR) is 94.0 cm³/mol. The van der Waals surface area contributed by atoms with Gasteiger partial charge in [-0.25, -0.2) is 4.79 Å². The molecule has 5 nitrogen and oxygen atoms in total. The van der Waals surface area contributed by atoms with Crippen molar-refractivity contribution in [2.75, 3.05) is 19.7 Å². The molecule has 0 aromatic carbocycles. The first-order chi connectivity index (χ1) is 11.7. The largest absolute Gasteiger partial charge is 0.378 e. The van der Waals surface area contributed by atoms with Gasteiger partial charge in [0.15, 0.2) is 0 Å². The zero-order valence-corrected chi connectivity index (χ0v) is 15.1. The summed E-state index contributed by atoms with van der Waals surface area (Å²) in [5.41, 5.74) is 0.224. The molecule has 0 radical (unpaired) electrons. The minimum Gasteiger partial charge on any atom is -0.378 e. The lowest BCUT2D eigenvalue weighted by molar-refractivity contribution is -0.126. The third-order valence-corrected chi connectivity index (χ3v) is 7.15. The van der Waals surface area contributed by atoms with Gasteiger partial charge in [-0.1, -0.05) is 12.8 Å². The summed E-state index contributed by atoms with van der Waals surface area (Å²) in [4.78, 5) is 15.1. The molecular formula is C19H33N3O2. The Kier molecular flexibility index (Phi) is 4.74. The topological polar surface area (TPSA) is 53.6 Å². The summed E-state index contributed by atoms with van der Waals surface area (Å²) in [5.74, 6) is 0. The first-order valence-electron chi connectivity index (χ1n) is 10.1. The summed E-state index contributed by atoms with van der Waals surface area (Å²) in [6, 6.07) is 1.42. The van der Waals surface area contributed by atoms with Crippen molar-refractivity contribution in [3.05, 3.63) is 0 Å². The monoisotopic (exact) mass is 335 g/mol. The number of nitrogens with one attached hydrogen (secondary N) is 2. The van der Waals surface area contributed by atoms with Crippen LogP contribution in [-0.2, 0) is 4.74 Å². The molecule has 0 unspecified atom stereocenters. The molecule has 24 heavy (non-hydrogen) atoms. The Bertz CT molecular complexity index is 464. The minimum absolute atomic E-state index is 0.0534. The Labute approximate surface area is 145 Å². The van der Waals surface area contributed by atoms with Crippen molar-refractivity contribution >= 4 is 6.03 Å². The Morgan fingerprint density at radius 1 is 1.12 bits per heavy atom. The summed E-state index contributed by atoms with van der Waals surface area (Å²) in [5, 5.41) is 6.57. The molecule has 4 rings (SSSR count). The SMILES string of the molecule is CCO[C@@H]1C[C@H](NC(=O)N[C@H]2CCN3CCC[C@@H]3C2)C12CCCC2. The molecule has 2 aliphatic heterocycles. The maximum Gasteiger partial charge on any atom is 0.315 e. The van der Waals surface area contributed by atoms with Crippen LogP contribution in [0.2, 0.25) is 0 Å². The van der Waals surface area contributed by atoms with Gasteiger partial charge in [0.25, 0.3) is 0 Å². The molecule has 4 aliphatic rings. The van der Waals surface area contributed by atoms with E-state index in [0.29, 0.717) is 24.2 Å². The van der Waals surface area contributed by atoms with E-state index in [1.807, 2.05) is 0 Å². The minimum atomic E-state index is 0.0534. The van der Waals surface area contributed by atoms with Crippen molar-refractivity contribution in [2.45, 2.75) is 88.9 Å². The zero-order valence-electron chi connectivity index (χ0n) is 15.1. The van der Waals surface area contributed by atoms with E-state index in [1.54, 1.807) is 0 Å². The second kappa shape index (κ2) is 6.83. The Morgan fingerprint density at radius 3 is 2.75 bits per heavy atom. The molecule has 4 atom stereocenters. The summed E-state index contributed by atoms with van der Waals surface area (Å²) in [6.07, 6.45) is 11.2. The quantitative estimate of drug-likeness (QED) is 0.830. The van der Waals surface area contributed by atoms with Crippen LogP contribution in [0.5, 0.6) is 0 Å². The van der Waals surface area contributed by atoms with Crippen molar-refractivity contribution in [2.24, 2.45) is 5.41 Å². The van der Waals surface area contributed by atoms with Gasteiger partial charge < -0.3 is 20.3 Å². The van der Waals surface area contributed by atoms with Crippen LogP contribution >= 0.6 is 0 Å². The Balaban J connectivity index is 1.28. The van der Waals surface area contributed by atoms with Crippen LogP contribution in [0.3, 0.4) is 0 Å². The number of piperidine rings is 1. The van der Waals surface area contributed by atoms with Crippen LogP contribution in [0.25, 0.3) is 0 Å². The van der Waals surface area contributed by atoms with Gasteiger partial charge in [0.2, 0.25) is 0 Å².